The van der Waals surface area contributed by atoms with Gasteiger partial charge >= 0.3 is 0 Å². The van der Waals surface area contributed by atoms with Crippen LogP contribution in [0.1, 0.15) is 283 Å². The first-order valence-corrected chi connectivity index (χ1v) is 24.4. The van der Waals surface area contributed by atoms with Crippen molar-refractivity contribution in [2.75, 3.05) is 0 Å². The fraction of sp³-hybridized carbons (Fsp3) is 0.939. The van der Waals surface area contributed by atoms with Crippen LogP contribution in [0.5, 0.6) is 0 Å². The summed E-state index contributed by atoms with van der Waals surface area (Å²) in [4.78, 5) is 0. The van der Waals surface area contributed by atoms with Gasteiger partial charge in [-0.15, -0.1) is 0 Å². The maximum absolute atomic E-state index is 2.66. The van der Waals surface area contributed by atoms with E-state index in [0.29, 0.717) is 0 Å². The molecule has 1 heterocycles. The van der Waals surface area contributed by atoms with E-state index in [0.717, 1.165) is 0 Å². The molecule has 0 atom stereocenters. The first-order valence-electron chi connectivity index (χ1n) is 24.4. The Labute approximate surface area is 323 Å². The molecule has 0 N–H and O–H groups in total. The van der Waals surface area contributed by atoms with Crippen LogP contribution in [0.4, 0.5) is 0 Å². The average molecular weight is 714 g/mol. The Balaban J connectivity index is 2.25. The summed E-state index contributed by atoms with van der Waals surface area (Å²) in [7, 11) is 0. The van der Waals surface area contributed by atoms with Crippen molar-refractivity contribution < 1.29 is 4.57 Å². The molecule has 1 rings (SSSR count). The molecule has 302 valence electrons. The summed E-state index contributed by atoms with van der Waals surface area (Å²) in [5.74, 6) is 1.63. The summed E-state index contributed by atoms with van der Waals surface area (Å²) >= 11 is 0. The predicted octanol–water partition coefficient (Wildman–Crippen LogP) is 17.0. The van der Waals surface area contributed by atoms with Gasteiger partial charge in [-0.3, -0.25) is 0 Å². The van der Waals surface area contributed by atoms with Crippen molar-refractivity contribution in [1.82, 2.24) is 4.57 Å². The van der Waals surface area contributed by atoms with Crippen LogP contribution in [0.3, 0.4) is 0 Å². The number of aryl methyl sites for hydroxylation is 2. The first-order chi connectivity index (χ1) is 25.3. The van der Waals surface area contributed by atoms with Gasteiger partial charge in [0.1, 0.15) is 12.4 Å². The average Bonchev–Trinajstić information content (AvgIpc) is 3.53. The summed E-state index contributed by atoms with van der Waals surface area (Å²) in [6, 6.07) is 0. The highest BCUT2D eigenvalue weighted by molar-refractivity contribution is 4.84. The van der Waals surface area contributed by atoms with Crippen molar-refractivity contribution in [3.05, 3.63) is 18.2 Å². The van der Waals surface area contributed by atoms with Crippen molar-refractivity contribution in [1.29, 1.82) is 0 Å². The molecule has 0 aliphatic heterocycles. The Hall–Kier alpha value is -0.790. The van der Waals surface area contributed by atoms with Crippen molar-refractivity contribution in [3.8, 4) is 0 Å². The van der Waals surface area contributed by atoms with E-state index in [1.165, 1.54) is 276 Å². The fourth-order valence-electron chi connectivity index (χ4n) is 8.27. The number of hydrogen-bond acceptors (Lipinski definition) is 0. The summed E-state index contributed by atoms with van der Waals surface area (Å²) in [6.45, 7) is 9.42. The van der Waals surface area contributed by atoms with Gasteiger partial charge in [-0.2, -0.15) is 0 Å². The quantitative estimate of drug-likeness (QED) is 0.0471. The molecule has 0 aromatic carbocycles. The van der Waals surface area contributed by atoms with Gasteiger partial charge in [0, 0.05) is 6.42 Å². The number of hydrogen-bond donors (Lipinski definition) is 0. The molecule has 0 saturated heterocycles. The highest BCUT2D eigenvalue weighted by atomic mass is 15.1. The van der Waals surface area contributed by atoms with E-state index in [1.54, 1.807) is 5.82 Å². The molecule has 2 nitrogen and oxygen atoms in total. The maximum atomic E-state index is 2.66. The molecule has 0 radical (unpaired) electrons. The zero-order valence-electron chi connectivity index (χ0n) is 36.0. The maximum Gasteiger partial charge on any atom is 0.256 e. The SMILES string of the molecule is CCCCCCCCCCCCCCCCCCn1cc[n+](CCCCCCCCCCCCCCC)c1CCCCCCCCCCCCC. The second-order valence-electron chi connectivity index (χ2n) is 16.9. The lowest BCUT2D eigenvalue weighted by atomic mass is 10.0. The highest BCUT2D eigenvalue weighted by Crippen LogP contribution is 2.17. The Bertz CT molecular complexity index is 781. The fourth-order valence-corrected chi connectivity index (χ4v) is 8.27. The molecule has 0 aliphatic carbocycles. The smallest absolute Gasteiger partial charge is 0.234 e. The van der Waals surface area contributed by atoms with Gasteiger partial charge in [0.05, 0.1) is 13.1 Å². The summed E-state index contributed by atoms with van der Waals surface area (Å²) in [6.07, 6.45) is 63.8. The van der Waals surface area contributed by atoms with Crippen LogP contribution in [0.15, 0.2) is 12.4 Å². The highest BCUT2D eigenvalue weighted by Gasteiger charge is 2.16. The monoisotopic (exact) mass is 714 g/mol. The Morgan fingerprint density at radius 3 is 0.941 bits per heavy atom. The van der Waals surface area contributed by atoms with Gasteiger partial charge in [0.2, 0.25) is 0 Å². The van der Waals surface area contributed by atoms with Crippen molar-refractivity contribution in [2.24, 2.45) is 0 Å². The third-order valence-corrected chi connectivity index (χ3v) is 11.8. The van der Waals surface area contributed by atoms with Gasteiger partial charge in [-0.1, -0.05) is 245 Å². The third-order valence-electron chi connectivity index (χ3n) is 11.8. The van der Waals surface area contributed by atoms with Crippen LogP contribution in [0, 0.1) is 0 Å². The minimum Gasteiger partial charge on any atom is -0.234 e. The normalized spacial score (nSPS) is 11.7. The van der Waals surface area contributed by atoms with Crippen LogP contribution in [-0.4, -0.2) is 4.57 Å². The van der Waals surface area contributed by atoms with Crippen LogP contribution in [0.2, 0.25) is 0 Å². The van der Waals surface area contributed by atoms with Gasteiger partial charge in [-0.05, 0) is 32.1 Å². The Morgan fingerprint density at radius 2 is 0.608 bits per heavy atom. The lowest BCUT2D eigenvalue weighted by Crippen LogP contribution is -2.37. The summed E-state index contributed by atoms with van der Waals surface area (Å²) in [5.41, 5.74) is 0. The van der Waals surface area contributed by atoms with Gasteiger partial charge < -0.3 is 0 Å². The topological polar surface area (TPSA) is 8.81 Å². The van der Waals surface area contributed by atoms with Gasteiger partial charge in [-0.25, -0.2) is 9.13 Å². The van der Waals surface area contributed by atoms with E-state index in [1.807, 2.05) is 0 Å². The molecule has 51 heavy (non-hydrogen) atoms. The molecule has 1 aromatic heterocycles. The molecule has 0 bridgehead atoms. The van der Waals surface area contributed by atoms with E-state index >= 15 is 0 Å². The number of nitrogens with zero attached hydrogens (tertiary/aromatic N) is 2. The minimum atomic E-state index is 1.23. The number of unbranched alkanes of at least 4 members (excludes halogenated alkanes) is 37. The van der Waals surface area contributed by atoms with E-state index in [9.17, 15) is 0 Å². The summed E-state index contributed by atoms with van der Waals surface area (Å²) in [5, 5.41) is 0. The molecule has 0 unspecified atom stereocenters. The van der Waals surface area contributed by atoms with Crippen LogP contribution >= 0.6 is 0 Å². The molecule has 0 fully saturated rings. The predicted molar refractivity (Wildman–Crippen MR) is 230 cm³/mol. The van der Waals surface area contributed by atoms with Crippen molar-refractivity contribution in [3.63, 3.8) is 0 Å². The zero-order valence-corrected chi connectivity index (χ0v) is 36.0. The first kappa shape index (κ1) is 48.2. The van der Waals surface area contributed by atoms with Gasteiger partial charge in [0.25, 0.3) is 5.82 Å². The molecular formula is C49H97N2+. The molecular weight excluding hydrogens is 617 g/mol. The number of aromatic nitrogens is 2. The summed E-state index contributed by atoms with van der Waals surface area (Å²) < 4.78 is 5.31. The zero-order chi connectivity index (χ0) is 36.6. The van der Waals surface area contributed by atoms with Crippen molar-refractivity contribution >= 4 is 0 Å². The molecule has 0 spiro atoms. The van der Waals surface area contributed by atoms with E-state index in [2.05, 4.69) is 42.3 Å². The molecule has 0 aliphatic rings. The lowest BCUT2D eigenvalue weighted by Gasteiger charge is -2.07. The van der Waals surface area contributed by atoms with E-state index < -0.39 is 0 Å². The number of imidazole rings is 1. The Morgan fingerprint density at radius 1 is 0.333 bits per heavy atom. The standard InChI is InChI=1S/C49H97N2/c1-4-7-10-13-16-19-22-24-25-26-28-31-34-37-40-43-46-51-48-47-50(45-42-39-36-33-30-27-23-20-17-14-11-8-5-2)49(51)44-41-38-35-32-29-21-18-15-12-9-6-3/h47-48H,4-46H2,1-3H3/q+1. The second-order valence-corrected chi connectivity index (χ2v) is 16.9. The van der Waals surface area contributed by atoms with Gasteiger partial charge in [0.15, 0.2) is 0 Å². The van der Waals surface area contributed by atoms with Crippen LogP contribution in [0.25, 0.3) is 0 Å². The molecule has 0 saturated carbocycles. The number of rotatable bonds is 43. The largest absolute Gasteiger partial charge is 0.256 e. The second kappa shape index (κ2) is 40.4. The lowest BCUT2D eigenvalue weighted by molar-refractivity contribution is -0.704. The minimum absolute atomic E-state index is 1.23. The molecule has 0 amide bonds. The molecule has 2 heteroatoms. The van der Waals surface area contributed by atoms with E-state index in [-0.39, 0.29) is 0 Å². The van der Waals surface area contributed by atoms with Crippen LogP contribution in [-0.2, 0) is 19.5 Å². The van der Waals surface area contributed by atoms with E-state index in [4.69, 9.17) is 0 Å². The third kappa shape index (κ3) is 32.4. The molecule has 1 aromatic rings. The van der Waals surface area contributed by atoms with Crippen molar-refractivity contribution in [2.45, 2.75) is 297 Å². The Kier molecular flexibility index (Phi) is 38.2. The van der Waals surface area contributed by atoms with Crippen LogP contribution < -0.4 is 4.57 Å².